The van der Waals surface area contributed by atoms with Crippen LogP contribution in [0.5, 0.6) is 0 Å². The van der Waals surface area contributed by atoms with Gasteiger partial charge in [0.25, 0.3) is 0 Å². The molecule has 1 amide bonds. The highest BCUT2D eigenvalue weighted by molar-refractivity contribution is 5.76. The van der Waals surface area contributed by atoms with Crippen LogP contribution in [0.4, 0.5) is 0 Å². The number of amides is 1. The SMILES string of the molecule is CCCCCCCCCCCCCCCCCC/C=C/C(O)C(CO)NC(=O)CCCCCCCCCCCCCCC/C=C\C/C=C\CCCCCCCCCCCOC(=O)CCCCCCCCCCCCCCCCC. The molecule has 0 fully saturated rings. The summed E-state index contributed by atoms with van der Waals surface area (Å²) in [5.74, 6) is -0.0509. The molecule has 79 heavy (non-hydrogen) atoms. The number of unbranched alkanes of at least 4 members (excludes halogenated alkanes) is 52. The molecule has 2 unspecified atom stereocenters. The van der Waals surface area contributed by atoms with E-state index in [0.29, 0.717) is 19.4 Å². The molecule has 0 aliphatic heterocycles. The van der Waals surface area contributed by atoms with Gasteiger partial charge >= 0.3 is 5.97 Å². The minimum Gasteiger partial charge on any atom is -0.466 e. The van der Waals surface area contributed by atoms with E-state index in [9.17, 15) is 19.8 Å². The van der Waals surface area contributed by atoms with Gasteiger partial charge in [0, 0.05) is 12.8 Å². The number of hydrogen-bond acceptors (Lipinski definition) is 5. The molecule has 6 heteroatoms. The van der Waals surface area contributed by atoms with E-state index in [4.69, 9.17) is 4.74 Å². The highest BCUT2D eigenvalue weighted by Crippen LogP contribution is 2.18. The highest BCUT2D eigenvalue weighted by Gasteiger charge is 2.18. The van der Waals surface area contributed by atoms with E-state index in [1.807, 2.05) is 6.08 Å². The number of aliphatic hydroxyl groups excluding tert-OH is 2. The van der Waals surface area contributed by atoms with E-state index in [1.165, 1.54) is 321 Å². The molecule has 466 valence electrons. The molecule has 0 saturated heterocycles. The van der Waals surface area contributed by atoms with Crippen LogP contribution in [0.2, 0.25) is 0 Å². The molecule has 0 aliphatic rings. The molecule has 0 aromatic heterocycles. The molecule has 3 N–H and O–H groups in total. The lowest BCUT2D eigenvalue weighted by Gasteiger charge is -2.20. The van der Waals surface area contributed by atoms with Crippen LogP contribution in [0.1, 0.15) is 393 Å². The van der Waals surface area contributed by atoms with E-state index < -0.39 is 12.1 Å². The molecule has 0 rings (SSSR count). The first-order valence-corrected chi connectivity index (χ1v) is 35.8. The van der Waals surface area contributed by atoms with Crippen LogP contribution >= 0.6 is 0 Å². The molecule has 2 atom stereocenters. The lowest BCUT2D eigenvalue weighted by atomic mass is 10.0. The standard InChI is InChI=1S/C73H139NO5/c1-3-5-7-9-11-13-15-17-19-20-34-38-41-45-49-53-57-61-65-71(76)70(69-75)74-72(77)66-62-58-54-50-46-42-39-35-32-30-28-26-24-22-21-23-25-27-29-31-33-36-40-44-48-52-56-60-64-68-79-73(78)67-63-59-55-51-47-43-37-18-16-14-12-10-8-6-4-2/h21,23,27,29,61,65,70-71,75-76H,3-20,22,24-26,28,30-60,62-64,66-69H2,1-2H3,(H,74,77)/b23-21-,29-27-,65-61+. The number of hydrogen-bond donors (Lipinski definition) is 3. The van der Waals surface area contributed by atoms with Crippen molar-refractivity contribution < 1.29 is 24.5 Å². The number of aliphatic hydroxyl groups is 2. The van der Waals surface area contributed by atoms with Crippen LogP contribution in [-0.4, -0.2) is 47.4 Å². The minimum atomic E-state index is -0.846. The number of rotatable bonds is 67. The topological polar surface area (TPSA) is 95.9 Å². The lowest BCUT2D eigenvalue weighted by Crippen LogP contribution is -2.45. The number of esters is 1. The van der Waals surface area contributed by atoms with Crippen molar-refractivity contribution >= 4 is 11.9 Å². The normalized spacial score (nSPS) is 12.7. The third-order valence-electron chi connectivity index (χ3n) is 16.7. The predicted molar refractivity (Wildman–Crippen MR) is 347 cm³/mol. The summed E-state index contributed by atoms with van der Waals surface area (Å²) in [6.07, 6.45) is 88.0. The minimum absolute atomic E-state index is 0.0150. The van der Waals surface area contributed by atoms with Crippen molar-refractivity contribution in [3.05, 3.63) is 36.5 Å². The van der Waals surface area contributed by atoms with E-state index in [-0.39, 0.29) is 18.5 Å². The zero-order valence-corrected chi connectivity index (χ0v) is 53.4. The summed E-state index contributed by atoms with van der Waals surface area (Å²) in [5.41, 5.74) is 0. The summed E-state index contributed by atoms with van der Waals surface area (Å²) in [6.45, 7) is 4.94. The number of nitrogens with one attached hydrogen (secondary N) is 1. The van der Waals surface area contributed by atoms with Gasteiger partial charge in [-0.1, -0.05) is 352 Å². The third kappa shape index (κ3) is 65.1. The second-order valence-electron chi connectivity index (χ2n) is 24.6. The van der Waals surface area contributed by atoms with Crippen LogP contribution in [-0.2, 0) is 14.3 Å². The van der Waals surface area contributed by atoms with Crippen LogP contribution in [0.15, 0.2) is 36.5 Å². The third-order valence-corrected chi connectivity index (χ3v) is 16.7. The molecule has 0 heterocycles. The summed E-state index contributed by atoms with van der Waals surface area (Å²) < 4.78 is 5.49. The molecule has 0 aliphatic carbocycles. The van der Waals surface area contributed by atoms with Gasteiger partial charge in [-0.05, 0) is 64.2 Å². The summed E-state index contributed by atoms with van der Waals surface area (Å²) in [4.78, 5) is 24.6. The summed E-state index contributed by atoms with van der Waals surface area (Å²) >= 11 is 0. The first kappa shape index (κ1) is 77.1. The van der Waals surface area contributed by atoms with Gasteiger partial charge in [-0.3, -0.25) is 9.59 Å². The Hall–Kier alpha value is -1.92. The maximum absolute atomic E-state index is 12.5. The van der Waals surface area contributed by atoms with Gasteiger partial charge in [-0.2, -0.15) is 0 Å². The molecule has 0 radical (unpaired) electrons. The fraction of sp³-hybridized carbons (Fsp3) is 0.890. The quantitative estimate of drug-likeness (QED) is 0.0320. The lowest BCUT2D eigenvalue weighted by molar-refractivity contribution is -0.143. The number of ether oxygens (including phenoxy) is 1. The highest BCUT2D eigenvalue weighted by atomic mass is 16.5. The van der Waals surface area contributed by atoms with Crippen molar-refractivity contribution in [2.24, 2.45) is 0 Å². The molecular formula is C73H139NO5. The van der Waals surface area contributed by atoms with Crippen LogP contribution in [0, 0.1) is 0 Å². The Morgan fingerprint density at radius 1 is 0.354 bits per heavy atom. The molecule has 0 aromatic rings. The predicted octanol–water partition coefficient (Wildman–Crippen LogP) is 23.1. The summed E-state index contributed by atoms with van der Waals surface area (Å²) in [7, 11) is 0. The fourth-order valence-electron chi connectivity index (χ4n) is 11.2. The maximum atomic E-state index is 12.5. The average molecular weight is 1110 g/mol. The van der Waals surface area contributed by atoms with Gasteiger partial charge in [0.2, 0.25) is 5.91 Å². The van der Waals surface area contributed by atoms with Crippen LogP contribution in [0.3, 0.4) is 0 Å². The van der Waals surface area contributed by atoms with Crippen molar-refractivity contribution in [1.29, 1.82) is 0 Å². The van der Waals surface area contributed by atoms with Crippen molar-refractivity contribution in [2.75, 3.05) is 13.2 Å². The monoisotopic (exact) mass is 1110 g/mol. The molecule has 0 saturated carbocycles. The van der Waals surface area contributed by atoms with Gasteiger partial charge in [0.05, 0.1) is 25.4 Å². The van der Waals surface area contributed by atoms with Crippen molar-refractivity contribution in [3.63, 3.8) is 0 Å². The van der Waals surface area contributed by atoms with E-state index in [2.05, 4.69) is 43.5 Å². The fourth-order valence-corrected chi connectivity index (χ4v) is 11.2. The number of allylic oxidation sites excluding steroid dienone is 5. The summed E-state index contributed by atoms with van der Waals surface area (Å²) in [5, 5.41) is 23.2. The Balaban J connectivity index is 3.42. The molecule has 0 bridgehead atoms. The Morgan fingerprint density at radius 2 is 0.633 bits per heavy atom. The Kier molecular flexibility index (Phi) is 66.9. The van der Waals surface area contributed by atoms with E-state index in [0.717, 1.165) is 44.9 Å². The van der Waals surface area contributed by atoms with Gasteiger partial charge in [-0.15, -0.1) is 0 Å². The molecule has 0 spiro atoms. The zero-order chi connectivity index (χ0) is 57.1. The molecule has 0 aromatic carbocycles. The van der Waals surface area contributed by atoms with Crippen molar-refractivity contribution in [3.8, 4) is 0 Å². The first-order chi connectivity index (χ1) is 39.0. The second kappa shape index (κ2) is 68.6. The van der Waals surface area contributed by atoms with E-state index in [1.54, 1.807) is 6.08 Å². The van der Waals surface area contributed by atoms with Gasteiger partial charge in [-0.25, -0.2) is 0 Å². The molecular weight excluding hydrogens is 971 g/mol. The van der Waals surface area contributed by atoms with Crippen LogP contribution < -0.4 is 5.32 Å². The zero-order valence-electron chi connectivity index (χ0n) is 53.4. The Labute approximate surface area is 494 Å². The van der Waals surface area contributed by atoms with Crippen LogP contribution in [0.25, 0.3) is 0 Å². The van der Waals surface area contributed by atoms with Crippen molar-refractivity contribution in [1.82, 2.24) is 5.32 Å². The number of carbonyl (C=O) groups is 2. The second-order valence-corrected chi connectivity index (χ2v) is 24.6. The Morgan fingerprint density at radius 3 is 0.962 bits per heavy atom. The van der Waals surface area contributed by atoms with E-state index >= 15 is 0 Å². The first-order valence-electron chi connectivity index (χ1n) is 35.8. The Bertz CT molecular complexity index is 1280. The van der Waals surface area contributed by atoms with Gasteiger partial charge < -0.3 is 20.3 Å². The maximum Gasteiger partial charge on any atom is 0.305 e. The average Bonchev–Trinajstić information content (AvgIpc) is 3.45. The van der Waals surface area contributed by atoms with Crippen molar-refractivity contribution in [2.45, 2.75) is 405 Å². The number of carbonyl (C=O) groups excluding carboxylic acids is 2. The largest absolute Gasteiger partial charge is 0.466 e. The van der Waals surface area contributed by atoms with Gasteiger partial charge in [0.15, 0.2) is 0 Å². The molecule has 6 nitrogen and oxygen atoms in total. The van der Waals surface area contributed by atoms with Gasteiger partial charge in [0.1, 0.15) is 0 Å². The summed E-state index contributed by atoms with van der Waals surface area (Å²) in [6, 6.07) is -0.629. The smallest absolute Gasteiger partial charge is 0.305 e.